The molecular formula is C21H24N8O3. The Hall–Kier alpha value is -4.12. The molecule has 1 atom stereocenters. The fraction of sp³-hybridized carbons (Fsp3) is 0.238. The molecule has 0 radical (unpaired) electrons. The molecule has 4 aromatic rings. The number of aliphatic hydroxyl groups excluding tert-OH is 1. The smallest absolute Gasteiger partial charge is 0.243 e. The fourth-order valence-corrected chi connectivity index (χ4v) is 3.26. The molecule has 4 rings (SSSR count). The highest BCUT2D eigenvalue weighted by atomic mass is 16.5. The van der Waals surface area contributed by atoms with Gasteiger partial charge in [0.05, 0.1) is 24.6 Å². The Morgan fingerprint density at radius 3 is 2.94 bits per heavy atom. The minimum atomic E-state index is -1.13. The van der Waals surface area contributed by atoms with E-state index in [9.17, 15) is 9.90 Å². The summed E-state index contributed by atoms with van der Waals surface area (Å²) in [5.74, 6) is 0.427. The van der Waals surface area contributed by atoms with Gasteiger partial charge in [0.2, 0.25) is 5.91 Å². The molecule has 11 heteroatoms. The number of nitrogens with zero attached hydrogens (tertiary/aromatic N) is 6. The number of carbonyl (C=O) groups excluding carboxylic acids is 1. The van der Waals surface area contributed by atoms with E-state index in [1.807, 2.05) is 0 Å². The van der Waals surface area contributed by atoms with Crippen LogP contribution >= 0.6 is 0 Å². The third-order valence-corrected chi connectivity index (χ3v) is 4.93. The molecule has 0 bridgehead atoms. The number of carbonyl (C=O) groups is 1. The fourth-order valence-electron chi connectivity index (χ4n) is 3.26. The van der Waals surface area contributed by atoms with Crippen molar-refractivity contribution < 1.29 is 14.6 Å². The van der Waals surface area contributed by atoms with Crippen LogP contribution in [0.4, 0.5) is 11.4 Å². The maximum absolute atomic E-state index is 12.2. The van der Waals surface area contributed by atoms with Crippen molar-refractivity contribution in [2.24, 2.45) is 0 Å². The summed E-state index contributed by atoms with van der Waals surface area (Å²) in [5, 5.41) is 22.8. The first-order valence-electron chi connectivity index (χ1n) is 9.81. The number of hydrogen-bond donors (Lipinski definition) is 3. The second kappa shape index (κ2) is 8.55. The molecule has 4 N–H and O–H groups in total. The van der Waals surface area contributed by atoms with Crippen molar-refractivity contribution in [3.63, 3.8) is 0 Å². The molecule has 0 fully saturated rings. The molecular weight excluding hydrogens is 412 g/mol. The van der Waals surface area contributed by atoms with Gasteiger partial charge < -0.3 is 25.8 Å². The second-order valence-corrected chi connectivity index (χ2v) is 7.37. The summed E-state index contributed by atoms with van der Waals surface area (Å²) in [7, 11) is 4.90. The highest BCUT2D eigenvalue weighted by Gasteiger charge is 2.21. The van der Waals surface area contributed by atoms with Crippen molar-refractivity contribution in [3.8, 4) is 17.0 Å². The molecule has 166 valence electrons. The molecule has 3 aromatic heterocycles. The molecule has 0 spiro atoms. The normalized spacial score (nSPS) is 12.0. The van der Waals surface area contributed by atoms with E-state index in [1.54, 1.807) is 74.8 Å². The molecule has 1 unspecified atom stereocenters. The molecule has 0 aliphatic carbocycles. The summed E-state index contributed by atoms with van der Waals surface area (Å²) < 4.78 is 8.55. The number of nitrogens with two attached hydrogens (primary N) is 1. The topological polar surface area (TPSA) is 136 Å². The third kappa shape index (κ3) is 4.05. The van der Waals surface area contributed by atoms with Crippen molar-refractivity contribution in [2.75, 3.05) is 32.3 Å². The average molecular weight is 436 g/mol. The SMILES string of the molecule is COc1ccc(N)cc1-c1nn(CC(=O)N(C)C)cc1NC(O)c1cnn2cccnc12. The first-order valence-corrected chi connectivity index (χ1v) is 9.81. The summed E-state index contributed by atoms with van der Waals surface area (Å²) >= 11 is 0. The van der Waals surface area contributed by atoms with Crippen LogP contribution in [0, 0.1) is 0 Å². The average Bonchev–Trinajstić information content (AvgIpc) is 3.37. The molecule has 0 saturated carbocycles. The van der Waals surface area contributed by atoms with E-state index in [-0.39, 0.29) is 12.5 Å². The van der Waals surface area contributed by atoms with Gasteiger partial charge in [0.15, 0.2) is 11.9 Å². The van der Waals surface area contributed by atoms with E-state index in [2.05, 4.69) is 20.5 Å². The van der Waals surface area contributed by atoms with Crippen LogP contribution in [-0.2, 0) is 11.3 Å². The zero-order valence-electron chi connectivity index (χ0n) is 17.9. The molecule has 0 aliphatic rings. The van der Waals surface area contributed by atoms with Crippen LogP contribution in [0.3, 0.4) is 0 Å². The Bertz CT molecular complexity index is 1260. The van der Waals surface area contributed by atoms with Crippen LogP contribution in [-0.4, -0.2) is 61.5 Å². The van der Waals surface area contributed by atoms with Gasteiger partial charge in [-0.25, -0.2) is 9.50 Å². The van der Waals surface area contributed by atoms with Gasteiger partial charge in [-0.15, -0.1) is 0 Å². The molecule has 1 amide bonds. The minimum absolute atomic E-state index is 0.0284. The van der Waals surface area contributed by atoms with Gasteiger partial charge in [0.25, 0.3) is 0 Å². The Kier molecular flexibility index (Phi) is 5.65. The van der Waals surface area contributed by atoms with Gasteiger partial charge in [-0.05, 0) is 24.3 Å². The lowest BCUT2D eigenvalue weighted by Gasteiger charge is -2.14. The van der Waals surface area contributed by atoms with Gasteiger partial charge in [-0.2, -0.15) is 10.2 Å². The highest BCUT2D eigenvalue weighted by Crippen LogP contribution is 2.36. The summed E-state index contributed by atoms with van der Waals surface area (Å²) in [6, 6.07) is 6.94. The predicted octanol–water partition coefficient (Wildman–Crippen LogP) is 1.37. The second-order valence-electron chi connectivity index (χ2n) is 7.37. The van der Waals surface area contributed by atoms with Crippen LogP contribution in [0.2, 0.25) is 0 Å². The largest absolute Gasteiger partial charge is 0.496 e. The zero-order chi connectivity index (χ0) is 22.8. The van der Waals surface area contributed by atoms with E-state index in [0.29, 0.717) is 39.6 Å². The van der Waals surface area contributed by atoms with E-state index in [1.165, 1.54) is 9.58 Å². The quantitative estimate of drug-likeness (QED) is 0.292. The molecule has 0 saturated heterocycles. The van der Waals surface area contributed by atoms with Crippen molar-refractivity contribution in [1.82, 2.24) is 29.3 Å². The van der Waals surface area contributed by atoms with Gasteiger partial charge in [-0.1, -0.05) is 0 Å². The first kappa shape index (κ1) is 21.1. The Morgan fingerprint density at radius 1 is 1.38 bits per heavy atom. The van der Waals surface area contributed by atoms with E-state index in [4.69, 9.17) is 10.5 Å². The predicted molar refractivity (Wildman–Crippen MR) is 119 cm³/mol. The number of fused-ring (bicyclic) bond motifs is 1. The summed E-state index contributed by atoms with van der Waals surface area (Å²) in [5.41, 5.74) is 9.12. The zero-order valence-corrected chi connectivity index (χ0v) is 17.9. The van der Waals surface area contributed by atoms with Gasteiger partial charge in [-0.3, -0.25) is 9.48 Å². The van der Waals surface area contributed by atoms with Gasteiger partial charge in [0.1, 0.15) is 18.0 Å². The molecule has 0 aliphatic heterocycles. The number of rotatable bonds is 7. The van der Waals surface area contributed by atoms with Crippen molar-refractivity contribution in [2.45, 2.75) is 12.8 Å². The minimum Gasteiger partial charge on any atom is -0.496 e. The lowest BCUT2D eigenvalue weighted by atomic mass is 10.1. The molecule has 1 aromatic carbocycles. The maximum atomic E-state index is 12.2. The number of nitrogens with one attached hydrogen (secondary N) is 1. The van der Waals surface area contributed by atoms with E-state index in [0.717, 1.165) is 0 Å². The highest BCUT2D eigenvalue weighted by molar-refractivity contribution is 5.81. The van der Waals surface area contributed by atoms with Crippen LogP contribution in [0.25, 0.3) is 16.9 Å². The van der Waals surface area contributed by atoms with Crippen LogP contribution in [0.15, 0.2) is 49.1 Å². The molecule has 32 heavy (non-hydrogen) atoms. The number of benzene rings is 1. The molecule has 3 heterocycles. The van der Waals surface area contributed by atoms with Crippen molar-refractivity contribution in [3.05, 3.63) is 54.6 Å². The lowest BCUT2D eigenvalue weighted by molar-refractivity contribution is -0.129. The van der Waals surface area contributed by atoms with Crippen LogP contribution < -0.4 is 15.8 Å². The number of anilines is 2. The summed E-state index contributed by atoms with van der Waals surface area (Å²) in [4.78, 5) is 18.0. The van der Waals surface area contributed by atoms with E-state index < -0.39 is 6.23 Å². The maximum Gasteiger partial charge on any atom is 0.243 e. The van der Waals surface area contributed by atoms with Gasteiger partial charge >= 0.3 is 0 Å². The Morgan fingerprint density at radius 2 is 2.19 bits per heavy atom. The summed E-state index contributed by atoms with van der Waals surface area (Å²) in [6.45, 7) is 0.0284. The number of nitrogen functional groups attached to an aromatic ring is 1. The van der Waals surface area contributed by atoms with Gasteiger partial charge in [0, 0.05) is 43.9 Å². The van der Waals surface area contributed by atoms with Crippen LogP contribution in [0.5, 0.6) is 5.75 Å². The third-order valence-electron chi connectivity index (χ3n) is 4.93. The number of hydrogen-bond acceptors (Lipinski definition) is 8. The number of likely N-dealkylation sites (N-methyl/N-ethyl adjacent to an activating group) is 1. The van der Waals surface area contributed by atoms with E-state index >= 15 is 0 Å². The summed E-state index contributed by atoms with van der Waals surface area (Å²) in [6.07, 6.45) is 5.44. The number of aromatic nitrogens is 5. The first-order chi connectivity index (χ1) is 15.4. The lowest BCUT2D eigenvalue weighted by Crippen LogP contribution is -2.26. The van der Waals surface area contributed by atoms with Crippen molar-refractivity contribution in [1.29, 1.82) is 0 Å². The Balaban J connectivity index is 1.75. The number of aliphatic hydroxyl groups is 1. The monoisotopic (exact) mass is 436 g/mol. The van der Waals surface area contributed by atoms with Crippen molar-refractivity contribution >= 4 is 22.9 Å². The van der Waals surface area contributed by atoms with Crippen LogP contribution in [0.1, 0.15) is 11.8 Å². The molecule has 11 nitrogen and oxygen atoms in total. The number of amides is 1. The Labute approximate surface area is 184 Å². The standard InChI is InChI=1S/C21H24N8O3/c1-27(2)18(30)12-28-11-16(19(26-28)14-9-13(22)5-6-17(14)32-3)25-21(31)15-10-24-29-8-4-7-23-20(15)29/h4-11,21,25,31H,12,22H2,1-3H3. The number of methoxy groups -OCH3 is 1. The number of ether oxygens (including phenoxy) is 1.